The van der Waals surface area contributed by atoms with Crippen LogP contribution in [0.4, 0.5) is 5.69 Å². The predicted molar refractivity (Wildman–Crippen MR) is 97.4 cm³/mol. The number of benzene rings is 1. The topological polar surface area (TPSA) is 64.0 Å². The van der Waals surface area contributed by atoms with Crippen LogP contribution < -0.4 is 4.72 Å². The number of thioether (sulfide) groups is 2. The van der Waals surface area contributed by atoms with Gasteiger partial charge in [0.2, 0.25) is 0 Å². The van der Waals surface area contributed by atoms with Crippen molar-refractivity contribution >= 4 is 39.2 Å². The number of rotatable bonds is 6. The molecule has 3 rings (SSSR count). The van der Waals surface area contributed by atoms with Crippen LogP contribution in [0.25, 0.3) is 0 Å². The van der Waals surface area contributed by atoms with Gasteiger partial charge in [-0.15, -0.1) is 23.5 Å². The second kappa shape index (κ2) is 7.19. The first-order chi connectivity index (χ1) is 11.1. The molecular formula is C15H19N3O2S3. The Morgan fingerprint density at radius 2 is 2.13 bits per heavy atom. The van der Waals surface area contributed by atoms with Gasteiger partial charge in [-0.05, 0) is 24.1 Å². The molecule has 8 heteroatoms. The van der Waals surface area contributed by atoms with Gasteiger partial charge in [-0.3, -0.25) is 4.72 Å². The van der Waals surface area contributed by atoms with Crippen LogP contribution in [0.2, 0.25) is 0 Å². The van der Waals surface area contributed by atoms with Crippen molar-refractivity contribution in [3.8, 4) is 0 Å². The van der Waals surface area contributed by atoms with Crippen molar-refractivity contribution in [3.05, 3.63) is 42.4 Å². The van der Waals surface area contributed by atoms with Gasteiger partial charge in [0.25, 0.3) is 10.0 Å². The van der Waals surface area contributed by atoms with Crippen LogP contribution in [0, 0.1) is 0 Å². The number of aromatic nitrogens is 2. The third-order valence-corrected chi connectivity index (χ3v) is 7.77. The number of hydrogen-bond donors (Lipinski definition) is 1. The zero-order chi connectivity index (χ0) is 16.3. The standard InChI is InChI=1S/C15H19N3O2S3/c1-2-6-18-10-14(16-11-18)23(19,20)17-13-5-3-4-12(9-13)15-21-7-8-22-15/h3-5,9-11,15,17H,2,6-8H2,1H3. The highest BCUT2D eigenvalue weighted by molar-refractivity contribution is 8.19. The SMILES string of the molecule is CCCn1cnc(S(=O)(=O)Nc2cccc(C3SCCS3)c2)c1. The molecule has 1 aromatic heterocycles. The maximum absolute atomic E-state index is 12.5. The highest BCUT2D eigenvalue weighted by atomic mass is 32.2. The van der Waals surface area contributed by atoms with Gasteiger partial charge >= 0.3 is 0 Å². The summed E-state index contributed by atoms with van der Waals surface area (Å²) < 4.78 is 29.7. The van der Waals surface area contributed by atoms with E-state index >= 15 is 0 Å². The number of nitrogens with zero attached hydrogens (tertiary/aromatic N) is 2. The van der Waals surface area contributed by atoms with Crippen molar-refractivity contribution < 1.29 is 8.42 Å². The van der Waals surface area contributed by atoms with Crippen molar-refractivity contribution in [3.63, 3.8) is 0 Å². The van der Waals surface area contributed by atoms with Crippen LogP contribution in [-0.2, 0) is 16.6 Å². The average Bonchev–Trinajstić information content (AvgIpc) is 3.19. The lowest BCUT2D eigenvalue weighted by atomic mass is 10.2. The van der Waals surface area contributed by atoms with E-state index < -0.39 is 10.0 Å². The Morgan fingerprint density at radius 3 is 2.87 bits per heavy atom. The molecule has 1 N–H and O–H groups in total. The monoisotopic (exact) mass is 369 g/mol. The zero-order valence-corrected chi connectivity index (χ0v) is 15.3. The molecule has 0 unspecified atom stereocenters. The van der Waals surface area contributed by atoms with Crippen molar-refractivity contribution in [2.75, 3.05) is 16.2 Å². The summed E-state index contributed by atoms with van der Waals surface area (Å²) in [6, 6.07) is 7.62. The molecular weight excluding hydrogens is 350 g/mol. The molecule has 1 aliphatic rings. The Balaban J connectivity index is 1.78. The van der Waals surface area contributed by atoms with E-state index in [1.54, 1.807) is 23.2 Å². The van der Waals surface area contributed by atoms with Crippen LogP contribution in [0.15, 0.2) is 41.8 Å². The third-order valence-electron chi connectivity index (χ3n) is 3.40. The highest BCUT2D eigenvalue weighted by Crippen LogP contribution is 2.45. The molecule has 0 amide bonds. The summed E-state index contributed by atoms with van der Waals surface area (Å²) in [5, 5.41) is 0.0565. The number of sulfonamides is 1. The molecule has 1 fully saturated rings. The quantitative estimate of drug-likeness (QED) is 0.843. The number of hydrogen-bond acceptors (Lipinski definition) is 5. The number of anilines is 1. The van der Waals surface area contributed by atoms with Crippen LogP contribution >= 0.6 is 23.5 Å². The molecule has 0 saturated carbocycles. The zero-order valence-electron chi connectivity index (χ0n) is 12.8. The number of aryl methyl sites for hydroxylation is 1. The van der Waals surface area contributed by atoms with Crippen LogP contribution in [0.1, 0.15) is 23.5 Å². The van der Waals surface area contributed by atoms with Crippen LogP contribution in [-0.4, -0.2) is 29.5 Å². The van der Waals surface area contributed by atoms with Crippen LogP contribution in [0.3, 0.4) is 0 Å². The largest absolute Gasteiger partial charge is 0.336 e. The Labute approximate surface area is 145 Å². The van der Waals surface area contributed by atoms with E-state index in [9.17, 15) is 8.42 Å². The predicted octanol–water partition coefficient (Wildman–Crippen LogP) is 3.57. The first kappa shape index (κ1) is 16.7. The summed E-state index contributed by atoms with van der Waals surface area (Å²) in [4.78, 5) is 4.01. The summed E-state index contributed by atoms with van der Waals surface area (Å²) in [5.41, 5.74) is 1.73. The minimum atomic E-state index is -3.65. The van der Waals surface area contributed by atoms with E-state index in [1.165, 1.54) is 0 Å². The second-order valence-corrected chi connectivity index (χ2v) is 9.61. The molecule has 0 bridgehead atoms. The molecule has 5 nitrogen and oxygen atoms in total. The first-order valence-corrected chi connectivity index (χ1v) is 11.0. The number of imidazole rings is 1. The van der Waals surface area contributed by atoms with Gasteiger partial charge in [0.1, 0.15) is 0 Å². The lowest BCUT2D eigenvalue weighted by Gasteiger charge is -2.11. The molecule has 2 aromatic rings. The smallest absolute Gasteiger partial charge is 0.280 e. The maximum Gasteiger partial charge on any atom is 0.280 e. The summed E-state index contributed by atoms with van der Waals surface area (Å²) >= 11 is 3.79. The van der Waals surface area contributed by atoms with Gasteiger partial charge in [0.15, 0.2) is 5.03 Å². The Kier molecular flexibility index (Phi) is 5.23. The normalized spacial score (nSPS) is 15.9. The van der Waals surface area contributed by atoms with Crippen molar-refractivity contribution in [2.45, 2.75) is 29.5 Å². The van der Waals surface area contributed by atoms with E-state index in [2.05, 4.69) is 9.71 Å². The third kappa shape index (κ3) is 4.05. The summed E-state index contributed by atoms with van der Waals surface area (Å²) in [6.45, 7) is 2.80. The van der Waals surface area contributed by atoms with Gasteiger partial charge in [0.05, 0.1) is 10.9 Å². The lowest BCUT2D eigenvalue weighted by molar-refractivity contribution is 0.597. The molecule has 23 heavy (non-hydrogen) atoms. The van der Waals surface area contributed by atoms with E-state index in [-0.39, 0.29) is 5.03 Å². The summed E-state index contributed by atoms with van der Waals surface area (Å²) in [5.74, 6) is 2.28. The molecule has 0 atom stereocenters. The van der Waals surface area contributed by atoms with Gasteiger partial charge in [0, 0.05) is 29.9 Å². The average molecular weight is 370 g/mol. The van der Waals surface area contributed by atoms with Gasteiger partial charge in [-0.1, -0.05) is 19.1 Å². The van der Waals surface area contributed by atoms with Gasteiger partial charge < -0.3 is 4.57 Å². The van der Waals surface area contributed by atoms with E-state index in [4.69, 9.17) is 0 Å². The highest BCUT2D eigenvalue weighted by Gasteiger charge is 2.21. The maximum atomic E-state index is 12.5. The molecule has 0 aliphatic carbocycles. The van der Waals surface area contributed by atoms with E-state index in [1.807, 2.05) is 48.6 Å². The molecule has 1 aliphatic heterocycles. The number of nitrogens with one attached hydrogen (secondary N) is 1. The molecule has 2 heterocycles. The summed E-state index contributed by atoms with van der Waals surface area (Å²) in [7, 11) is -3.65. The van der Waals surface area contributed by atoms with Crippen molar-refractivity contribution in [1.82, 2.24) is 9.55 Å². The molecule has 1 aromatic carbocycles. The Hall–Kier alpha value is -1.12. The Morgan fingerprint density at radius 1 is 1.35 bits per heavy atom. The molecule has 0 radical (unpaired) electrons. The summed E-state index contributed by atoms with van der Waals surface area (Å²) in [6.07, 6.45) is 4.06. The van der Waals surface area contributed by atoms with Gasteiger partial charge in [-0.25, -0.2) is 4.98 Å². The van der Waals surface area contributed by atoms with Crippen LogP contribution in [0.5, 0.6) is 0 Å². The molecule has 1 saturated heterocycles. The van der Waals surface area contributed by atoms with Crippen molar-refractivity contribution in [1.29, 1.82) is 0 Å². The Bertz CT molecular complexity index is 768. The fraction of sp³-hybridized carbons (Fsp3) is 0.400. The minimum Gasteiger partial charge on any atom is -0.336 e. The van der Waals surface area contributed by atoms with Gasteiger partial charge in [-0.2, -0.15) is 8.42 Å². The molecule has 0 spiro atoms. The second-order valence-electron chi connectivity index (χ2n) is 5.25. The van der Waals surface area contributed by atoms with E-state index in [0.29, 0.717) is 10.3 Å². The minimum absolute atomic E-state index is 0.0565. The van der Waals surface area contributed by atoms with Crippen molar-refractivity contribution in [2.24, 2.45) is 0 Å². The first-order valence-electron chi connectivity index (χ1n) is 7.46. The molecule has 124 valence electrons. The fourth-order valence-corrected chi connectivity index (χ4v) is 6.21. The van der Waals surface area contributed by atoms with E-state index in [0.717, 1.165) is 30.0 Å². The fourth-order valence-electron chi connectivity index (χ4n) is 2.37. The lowest BCUT2D eigenvalue weighted by Crippen LogP contribution is -2.13.